The molecule has 6 nitrogen and oxygen atoms in total. The molecule has 2 N–H and O–H groups in total. The van der Waals surface area contributed by atoms with Crippen LogP contribution in [0.1, 0.15) is 10.4 Å². The van der Waals surface area contributed by atoms with Gasteiger partial charge in [0.25, 0.3) is 5.91 Å². The molecule has 132 valence electrons. The maximum atomic E-state index is 13.0. The highest BCUT2D eigenvalue weighted by Gasteiger charge is 2.43. The number of nitrogens with one attached hydrogen (secondary N) is 1. The SMILES string of the molecule is O=C(O)N1CC2CN(C(=O)c3ccc4[nH]c5ccccc5c4c3)CC2C1. The molecule has 2 atom stereocenters. The second kappa shape index (κ2) is 5.49. The number of H-pyrrole nitrogens is 1. The van der Waals surface area contributed by atoms with Crippen LogP contribution in [-0.4, -0.2) is 58.1 Å². The number of fused-ring (bicyclic) bond motifs is 4. The van der Waals surface area contributed by atoms with Gasteiger partial charge in [-0.3, -0.25) is 4.79 Å². The van der Waals surface area contributed by atoms with Crippen LogP contribution in [0.3, 0.4) is 0 Å². The summed E-state index contributed by atoms with van der Waals surface area (Å²) in [5.74, 6) is 0.548. The summed E-state index contributed by atoms with van der Waals surface area (Å²) in [6.45, 7) is 2.34. The summed E-state index contributed by atoms with van der Waals surface area (Å²) in [6.07, 6.45) is -0.859. The normalized spacial score (nSPS) is 22.3. The Bertz CT molecular complexity index is 1030. The van der Waals surface area contributed by atoms with Gasteiger partial charge in [-0.25, -0.2) is 4.79 Å². The standard InChI is InChI=1S/C20H19N3O3/c24-19(22-8-13-10-23(20(25)26)11-14(13)9-22)12-5-6-18-16(7-12)15-3-1-2-4-17(15)21-18/h1-7,13-14,21H,8-11H2,(H,25,26). The van der Waals surface area contributed by atoms with Crippen molar-refractivity contribution in [1.82, 2.24) is 14.8 Å². The van der Waals surface area contributed by atoms with Gasteiger partial charge in [-0.15, -0.1) is 0 Å². The van der Waals surface area contributed by atoms with Gasteiger partial charge >= 0.3 is 6.09 Å². The predicted molar refractivity (Wildman–Crippen MR) is 98.3 cm³/mol. The second-order valence-corrected chi connectivity index (χ2v) is 7.35. The summed E-state index contributed by atoms with van der Waals surface area (Å²) >= 11 is 0. The Morgan fingerprint density at radius 3 is 2.27 bits per heavy atom. The van der Waals surface area contributed by atoms with E-state index in [-0.39, 0.29) is 17.7 Å². The molecular weight excluding hydrogens is 330 g/mol. The molecule has 0 spiro atoms. The number of carboxylic acid groups (broad SMARTS) is 1. The monoisotopic (exact) mass is 349 g/mol. The summed E-state index contributed by atoms with van der Waals surface area (Å²) in [6, 6.07) is 13.9. The van der Waals surface area contributed by atoms with Crippen LogP contribution in [0.15, 0.2) is 42.5 Å². The van der Waals surface area contributed by atoms with Crippen molar-refractivity contribution in [2.45, 2.75) is 0 Å². The van der Waals surface area contributed by atoms with Crippen LogP contribution >= 0.6 is 0 Å². The zero-order valence-corrected chi connectivity index (χ0v) is 14.2. The number of likely N-dealkylation sites (tertiary alicyclic amines) is 2. The van der Waals surface area contributed by atoms with E-state index in [0.29, 0.717) is 31.7 Å². The summed E-state index contributed by atoms with van der Waals surface area (Å²) in [5, 5.41) is 11.3. The number of rotatable bonds is 1. The Morgan fingerprint density at radius 2 is 1.54 bits per heavy atom. The number of aromatic amines is 1. The highest BCUT2D eigenvalue weighted by Crippen LogP contribution is 2.32. The number of benzene rings is 2. The van der Waals surface area contributed by atoms with Gasteiger partial charge in [-0.1, -0.05) is 18.2 Å². The highest BCUT2D eigenvalue weighted by atomic mass is 16.4. The minimum Gasteiger partial charge on any atom is -0.465 e. The number of carbonyl (C=O) groups is 2. The number of aromatic nitrogens is 1. The summed E-state index contributed by atoms with van der Waals surface area (Å²) in [7, 11) is 0. The molecule has 2 aliphatic heterocycles. The van der Waals surface area contributed by atoms with Gasteiger partial charge in [0.2, 0.25) is 0 Å². The van der Waals surface area contributed by atoms with Gasteiger partial charge < -0.3 is 19.9 Å². The molecule has 6 heteroatoms. The van der Waals surface area contributed by atoms with E-state index in [2.05, 4.69) is 11.1 Å². The molecule has 0 aliphatic carbocycles. The first-order chi connectivity index (χ1) is 12.6. The average Bonchev–Trinajstić information content (AvgIpc) is 3.31. The lowest BCUT2D eigenvalue weighted by atomic mass is 10.0. The quantitative estimate of drug-likeness (QED) is 0.709. The summed E-state index contributed by atoms with van der Waals surface area (Å²) in [4.78, 5) is 30.8. The van der Waals surface area contributed by atoms with Crippen LogP contribution in [0.25, 0.3) is 21.8 Å². The Morgan fingerprint density at radius 1 is 0.885 bits per heavy atom. The molecule has 3 aromatic rings. The molecule has 2 amide bonds. The van der Waals surface area contributed by atoms with Gasteiger partial charge in [0.05, 0.1) is 0 Å². The Balaban J connectivity index is 1.41. The lowest BCUT2D eigenvalue weighted by molar-refractivity contribution is 0.0774. The molecule has 26 heavy (non-hydrogen) atoms. The molecule has 2 fully saturated rings. The lowest BCUT2D eigenvalue weighted by Crippen LogP contribution is -2.35. The number of carbonyl (C=O) groups excluding carboxylic acids is 1. The van der Waals surface area contributed by atoms with Crippen molar-refractivity contribution in [3.63, 3.8) is 0 Å². The van der Waals surface area contributed by atoms with Crippen LogP contribution in [0, 0.1) is 11.8 Å². The molecule has 0 radical (unpaired) electrons. The van der Waals surface area contributed by atoms with E-state index in [1.807, 2.05) is 41.3 Å². The van der Waals surface area contributed by atoms with E-state index in [1.165, 1.54) is 4.90 Å². The number of para-hydroxylation sites is 1. The minimum absolute atomic E-state index is 0.0356. The third-order valence-corrected chi connectivity index (χ3v) is 5.80. The topological polar surface area (TPSA) is 76.6 Å². The lowest BCUT2D eigenvalue weighted by Gasteiger charge is -2.20. The molecule has 2 aliphatic rings. The van der Waals surface area contributed by atoms with E-state index >= 15 is 0 Å². The van der Waals surface area contributed by atoms with Crippen molar-refractivity contribution in [3.05, 3.63) is 48.0 Å². The zero-order chi connectivity index (χ0) is 17.8. The van der Waals surface area contributed by atoms with E-state index in [4.69, 9.17) is 5.11 Å². The maximum absolute atomic E-state index is 13.0. The smallest absolute Gasteiger partial charge is 0.407 e. The molecule has 2 saturated heterocycles. The van der Waals surface area contributed by atoms with E-state index in [0.717, 1.165) is 21.8 Å². The number of nitrogens with zero attached hydrogens (tertiary/aromatic N) is 2. The average molecular weight is 349 g/mol. The van der Waals surface area contributed by atoms with Crippen molar-refractivity contribution < 1.29 is 14.7 Å². The maximum Gasteiger partial charge on any atom is 0.407 e. The zero-order valence-electron chi connectivity index (χ0n) is 14.2. The predicted octanol–water partition coefficient (Wildman–Crippen LogP) is 3.00. The molecule has 2 aromatic carbocycles. The van der Waals surface area contributed by atoms with Crippen LogP contribution in [0.4, 0.5) is 4.79 Å². The minimum atomic E-state index is -0.859. The number of amides is 2. The molecular formula is C20H19N3O3. The summed E-state index contributed by atoms with van der Waals surface area (Å²) < 4.78 is 0. The van der Waals surface area contributed by atoms with Crippen molar-refractivity contribution in [1.29, 1.82) is 0 Å². The Hall–Kier alpha value is -3.02. The summed E-state index contributed by atoms with van der Waals surface area (Å²) in [5.41, 5.74) is 2.78. The molecule has 2 unspecified atom stereocenters. The van der Waals surface area contributed by atoms with E-state index in [9.17, 15) is 9.59 Å². The van der Waals surface area contributed by atoms with Crippen molar-refractivity contribution in [2.75, 3.05) is 26.2 Å². The number of hydrogen-bond acceptors (Lipinski definition) is 2. The fourth-order valence-corrected chi connectivity index (χ4v) is 4.48. The first-order valence-electron chi connectivity index (χ1n) is 8.88. The fraction of sp³-hybridized carbons (Fsp3) is 0.300. The van der Waals surface area contributed by atoms with Crippen LogP contribution in [0.5, 0.6) is 0 Å². The van der Waals surface area contributed by atoms with Gasteiger partial charge in [-0.05, 0) is 24.3 Å². The van der Waals surface area contributed by atoms with Crippen molar-refractivity contribution >= 4 is 33.8 Å². The molecule has 0 bridgehead atoms. The van der Waals surface area contributed by atoms with Crippen LogP contribution < -0.4 is 0 Å². The Labute approximate surface area is 150 Å². The second-order valence-electron chi connectivity index (χ2n) is 7.35. The largest absolute Gasteiger partial charge is 0.465 e. The van der Waals surface area contributed by atoms with Crippen LogP contribution in [-0.2, 0) is 0 Å². The van der Waals surface area contributed by atoms with E-state index < -0.39 is 6.09 Å². The van der Waals surface area contributed by atoms with E-state index in [1.54, 1.807) is 0 Å². The van der Waals surface area contributed by atoms with Gasteiger partial charge in [-0.2, -0.15) is 0 Å². The molecule has 0 saturated carbocycles. The highest BCUT2D eigenvalue weighted by molar-refractivity contribution is 6.10. The fourth-order valence-electron chi connectivity index (χ4n) is 4.48. The van der Waals surface area contributed by atoms with Gasteiger partial charge in [0.1, 0.15) is 0 Å². The van der Waals surface area contributed by atoms with Crippen molar-refractivity contribution in [2.24, 2.45) is 11.8 Å². The molecule has 1 aromatic heterocycles. The molecule has 3 heterocycles. The van der Waals surface area contributed by atoms with Gasteiger partial charge in [0, 0.05) is 65.4 Å². The van der Waals surface area contributed by atoms with Crippen LogP contribution in [0.2, 0.25) is 0 Å². The molecule has 5 rings (SSSR count). The first-order valence-corrected chi connectivity index (χ1v) is 8.88. The number of hydrogen-bond donors (Lipinski definition) is 2. The first kappa shape index (κ1) is 15.3. The third kappa shape index (κ3) is 2.25. The van der Waals surface area contributed by atoms with Gasteiger partial charge in [0.15, 0.2) is 0 Å². The Kier molecular flexibility index (Phi) is 3.22. The van der Waals surface area contributed by atoms with Crippen molar-refractivity contribution in [3.8, 4) is 0 Å². The third-order valence-electron chi connectivity index (χ3n) is 5.80.